The van der Waals surface area contributed by atoms with E-state index in [1.165, 1.54) is 12.1 Å². The third kappa shape index (κ3) is 2.60. The zero-order valence-corrected chi connectivity index (χ0v) is 13.7. The second kappa shape index (κ2) is 5.69. The molecule has 0 N–H and O–H groups in total. The molecule has 24 heavy (non-hydrogen) atoms. The molecule has 1 aromatic heterocycles. The Balaban J connectivity index is 1.52. The summed E-state index contributed by atoms with van der Waals surface area (Å²) in [6, 6.07) is 6.35. The molecular formula is C18H20FN3O2. The number of benzene rings is 1. The molecule has 1 saturated carbocycles. The summed E-state index contributed by atoms with van der Waals surface area (Å²) in [5, 5.41) is 3.85. The Kier molecular flexibility index (Phi) is 3.62. The van der Waals surface area contributed by atoms with Gasteiger partial charge in [0.25, 0.3) is 0 Å². The minimum absolute atomic E-state index is 0.105. The Morgan fingerprint density at radius 1 is 1.33 bits per heavy atom. The molecule has 2 aromatic rings. The van der Waals surface area contributed by atoms with Crippen LogP contribution in [0.25, 0.3) is 0 Å². The van der Waals surface area contributed by atoms with E-state index in [9.17, 15) is 9.18 Å². The van der Waals surface area contributed by atoms with Gasteiger partial charge < -0.3 is 9.42 Å². The van der Waals surface area contributed by atoms with Crippen molar-refractivity contribution >= 4 is 5.91 Å². The van der Waals surface area contributed by atoms with E-state index in [1.54, 1.807) is 19.1 Å². The fourth-order valence-electron chi connectivity index (χ4n) is 3.66. The van der Waals surface area contributed by atoms with E-state index >= 15 is 0 Å². The topological polar surface area (TPSA) is 59.2 Å². The number of carbonyl (C=O) groups is 1. The minimum atomic E-state index is -0.458. The molecule has 0 radical (unpaired) electrons. The van der Waals surface area contributed by atoms with E-state index in [-0.39, 0.29) is 17.6 Å². The highest BCUT2D eigenvalue weighted by atomic mass is 19.1. The molecule has 1 aromatic carbocycles. The molecule has 1 aliphatic carbocycles. The number of likely N-dealkylation sites (tertiary alicyclic amines) is 1. The maximum absolute atomic E-state index is 13.2. The molecule has 6 heteroatoms. The summed E-state index contributed by atoms with van der Waals surface area (Å²) in [7, 11) is 0. The van der Waals surface area contributed by atoms with Gasteiger partial charge in [0.15, 0.2) is 5.82 Å². The lowest BCUT2D eigenvalue weighted by molar-refractivity contribution is -0.135. The molecule has 1 saturated heterocycles. The summed E-state index contributed by atoms with van der Waals surface area (Å²) < 4.78 is 18.5. The number of hydrogen-bond acceptors (Lipinski definition) is 4. The molecule has 1 atom stereocenters. The van der Waals surface area contributed by atoms with Crippen LogP contribution in [0.2, 0.25) is 0 Å². The van der Waals surface area contributed by atoms with E-state index < -0.39 is 5.41 Å². The molecule has 1 unspecified atom stereocenters. The van der Waals surface area contributed by atoms with Gasteiger partial charge in [0.1, 0.15) is 5.82 Å². The van der Waals surface area contributed by atoms with E-state index in [2.05, 4.69) is 10.1 Å². The standard InChI is InChI=1S/C18H20FN3O2/c1-12-20-16(24-21-12)13-3-2-10-22(11-13)17(23)18(8-9-18)14-4-6-15(19)7-5-14/h4-7,13H,2-3,8-11H2,1H3. The van der Waals surface area contributed by atoms with Crippen molar-refractivity contribution in [3.8, 4) is 0 Å². The molecule has 1 aliphatic heterocycles. The first-order valence-electron chi connectivity index (χ1n) is 8.44. The van der Waals surface area contributed by atoms with Crippen molar-refractivity contribution in [2.45, 2.75) is 43.9 Å². The Morgan fingerprint density at radius 2 is 2.08 bits per heavy atom. The number of aryl methyl sites for hydroxylation is 1. The maximum Gasteiger partial charge on any atom is 0.233 e. The van der Waals surface area contributed by atoms with Crippen LogP contribution in [0.3, 0.4) is 0 Å². The van der Waals surface area contributed by atoms with Crippen LogP contribution in [0.15, 0.2) is 28.8 Å². The quantitative estimate of drug-likeness (QED) is 0.869. The highest BCUT2D eigenvalue weighted by Crippen LogP contribution is 2.50. The van der Waals surface area contributed by atoms with Crippen LogP contribution in [-0.4, -0.2) is 34.0 Å². The fourth-order valence-corrected chi connectivity index (χ4v) is 3.66. The van der Waals surface area contributed by atoms with Gasteiger partial charge in [-0.1, -0.05) is 17.3 Å². The predicted octanol–water partition coefficient (Wildman–Crippen LogP) is 2.95. The first kappa shape index (κ1) is 15.3. The minimum Gasteiger partial charge on any atom is -0.341 e. The second-order valence-electron chi connectivity index (χ2n) is 6.86. The van der Waals surface area contributed by atoms with Crippen molar-refractivity contribution in [3.63, 3.8) is 0 Å². The Morgan fingerprint density at radius 3 is 2.71 bits per heavy atom. The maximum atomic E-state index is 13.2. The van der Waals surface area contributed by atoms with Crippen molar-refractivity contribution in [2.75, 3.05) is 13.1 Å². The SMILES string of the molecule is Cc1noc(C2CCCN(C(=O)C3(c4ccc(F)cc4)CC3)C2)n1. The average molecular weight is 329 g/mol. The summed E-state index contributed by atoms with van der Waals surface area (Å²) in [6.45, 7) is 3.17. The van der Waals surface area contributed by atoms with Crippen LogP contribution in [0.4, 0.5) is 4.39 Å². The van der Waals surface area contributed by atoms with Crippen molar-refractivity contribution in [1.29, 1.82) is 0 Å². The molecule has 126 valence electrons. The molecule has 2 fully saturated rings. The van der Waals surface area contributed by atoms with Crippen LogP contribution in [0.5, 0.6) is 0 Å². The molecular weight excluding hydrogens is 309 g/mol. The lowest BCUT2D eigenvalue weighted by Crippen LogP contribution is -2.44. The van der Waals surface area contributed by atoms with Crippen molar-refractivity contribution in [2.24, 2.45) is 0 Å². The monoisotopic (exact) mass is 329 g/mol. The van der Waals surface area contributed by atoms with Gasteiger partial charge in [0.05, 0.1) is 11.3 Å². The fraction of sp³-hybridized carbons (Fsp3) is 0.500. The zero-order valence-electron chi connectivity index (χ0n) is 13.7. The lowest BCUT2D eigenvalue weighted by atomic mass is 9.91. The van der Waals surface area contributed by atoms with Gasteiger partial charge in [0, 0.05) is 13.1 Å². The number of halogens is 1. The van der Waals surface area contributed by atoms with Gasteiger partial charge in [-0.05, 0) is 50.3 Å². The van der Waals surface area contributed by atoms with Gasteiger partial charge in [-0.15, -0.1) is 0 Å². The highest BCUT2D eigenvalue weighted by molar-refractivity contribution is 5.91. The highest BCUT2D eigenvalue weighted by Gasteiger charge is 2.53. The third-order valence-corrected chi connectivity index (χ3v) is 5.16. The molecule has 2 heterocycles. The largest absolute Gasteiger partial charge is 0.341 e. The molecule has 5 nitrogen and oxygen atoms in total. The summed E-state index contributed by atoms with van der Waals surface area (Å²) >= 11 is 0. The smallest absolute Gasteiger partial charge is 0.233 e. The van der Waals surface area contributed by atoms with E-state index in [0.717, 1.165) is 37.8 Å². The molecule has 2 aliphatic rings. The first-order valence-corrected chi connectivity index (χ1v) is 8.44. The van der Waals surface area contributed by atoms with Gasteiger partial charge in [0.2, 0.25) is 11.8 Å². The van der Waals surface area contributed by atoms with Crippen LogP contribution in [-0.2, 0) is 10.2 Å². The molecule has 1 amide bonds. The van der Waals surface area contributed by atoms with E-state index in [4.69, 9.17) is 4.52 Å². The number of rotatable bonds is 3. The van der Waals surface area contributed by atoms with Crippen LogP contribution in [0, 0.1) is 12.7 Å². The van der Waals surface area contributed by atoms with Gasteiger partial charge in [-0.2, -0.15) is 4.98 Å². The third-order valence-electron chi connectivity index (χ3n) is 5.16. The molecule has 0 bridgehead atoms. The normalized spacial score (nSPS) is 22.4. The Bertz CT molecular complexity index is 752. The average Bonchev–Trinajstić information content (AvgIpc) is 3.30. The summed E-state index contributed by atoms with van der Waals surface area (Å²) in [6.07, 6.45) is 3.54. The molecule has 4 rings (SSSR count). The number of piperidine rings is 1. The Hall–Kier alpha value is -2.24. The molecule has 0 spiro atoms. The number of carbonyl (C=O) groups excluding carboxylic acids is 1. The van der Waals surface area contributed by atoms with E-state index in [1.807, 2.05) is 4.90 Å². The lowest BCUT2D eigenvalue weighted by Gasteiger charge is -2.34. The van der Waals surface area contributed by atoms with Crippen molar-refractivity contribution < 1.29 is 13.7 Å². The van der Waals surface area contributed by atoms with E-state index in [0.29, 0.717) is 18.3 Å². The Labute approximate surface area is 139 Å². The zero-order chi connectivity index (χ0) is 16.7. The number of hydrogen-bond donors (Lipinski definition) is 0. The van der Waals surface area contributed by atoms with Crippen LogP contribution >= 0.6 is 0 Å². The van der Waals surface area contributed by atoms with Crippen LogP contribution < -0.4 is 0 Å². The predicted molar refractivity (Wildman–Crippen MR) is 84.9 cm³/mol. The van der Waals surface area contributed by atoms with Crippen LogP contribution in [0.1, 0.15) is 48.9 Å². The summed E-state index contributed by atoms with van der Waals surface area (Å²) in [5.41, 5.74) is 0.463. The van der Waals surface area contributed by atoms with Gasteiger partial charge in [-0.25, -0.2) is 4.39 Å². The van der Waals surface area contributed by atoms with Gasteiger partial charge >= 0.3 is 0 Å². The second-order valence-corrected chi connectivity index (χ2v) is 6.86. The number of nitrogens with zero attached hydrogens (tertiary/aromatic N) is 3. The summed E-state index contributed by atoms with van der Waals surface area (Å²) in [4.78, 5) is 19.4. The number of aromatic nitrogens is 2. The summed E-state index contributed by atoms with van der Waals surface area (Å²) in [5.74, 6) is 1.23. The first-order chi connectivity index (χ1) is 11.6. The number of amides is 1. The van der Waals surface area contributed by atoms with Crippen molar-refractivity contribution in [1.82, 2.24) is 15.0 Å². The van der Waals surface area contributed by atoms with Crippen molar-refractivity contribution in [3.05, 3.63) is 47.4 Å². The van der Waals surface area contributed by atoms with Gasteiger partial charge in [-0.3, -0.25) is 4.79 Å².